The molecule has 0 atom stereocenters. The fourth-order valence-electron chi connectivity index (χ4n) is 2.13. The highest BCUT2D eigenvalue weighted by Gasteiger charge is 2.26. The largest absolute Gasteiger partial charge is 0.322 e. The first-order chi connectivity index (χ1) is 8.54. The van der Waals surface area contributed by atoms with Gasteiger partial charge in [-0.2, -0.15) is 0 Å². The van der Waals surface area contributed by atoms with Gasteiger partial charge in [0.05, 0.1) is 17.9 Å². The summed E-state index contributed by atoms with van der Waals surface area (Å²) in [5.74, 6) is -0.155. The minimum absolute atomic E-state index is 0.00687. The molecule has 0 saturated carbocycles. The number of nitrogens with zero attached hydrogens (tertiary/aromatic N) is 2. The number of hydrogen-bond acceptors (Lipinski definition) is 3. The molecular formula is C13H17N3O2. The molecule has 1 aromatic rings. The molecule has 2 amide bonds. The number of nitrogens with two attached hydrogens (primary N) is 1. The van der Waals surface area contributed by atoms with E-state index in [-0.39, 0.29) is 18.4 Å². The molecule has 2 rings (SSSR count). The van der Waals surface area contributed by atoms with E-state index in [9.17, 15) is 9.59 Å². The number of aryl methyl sites for hydroxylation is 1. The van der Waals surface area contributed by atoms with Gasteiger partial charge in [0.2, 0.25) is 11.8 Å². The van der Waals surface area contributed by atoms with E-state index in [0.717, 1.165) is 16.9 Å². The highest BCUT2D eigenvalue weighted by atomic mass is 16.2. The van der Waals surface area contributed by atoms with E-state index in [1.165, 1.54) is 0 Å². The van der Waals surface area contributed by atoms with E-state index in [1.54, 1.807) is 16.8 Å². The van der Waals surface area contributed by atoms with Crippen LogP contribution in [0.2, 0.25) is 0 Å². The molecule has 0 bridgehead atoms. The summed E-state index contributed by atoms with van der Waals surface area (Å²) in [6.07, 6.45) is 0.315. The molecule has 96 valence electrons. The maximum atomic E-state index is 11.9. The molecule has 18 heavy (non-hydrogen) atoms. The van der Waals surface area contributed by atoms with Crippen molar-refractivity contribution in [1.82, 2.24) is 0 Å². The van der Waals surface area contributed by atoms with E-state index in [2.05, 4.69) is 0 Å². The minimum Gasteiger partial charge on any atom is -0.322 e. The second kappa shape index (κ2) is 4.78. The van der Waals surface area contributed by atoms with Gasteiger partial charge in [0.15, 0.2) is 0 Å². The molecule has 0 aliphatic carbocycles. The lowest BCUT2D eigenvalue weighted by Gasteiger charge is -2.23. The summed E-state index contributed by atoms with van der Waals surface area (Å²) in [6, 6.07) is 5.71. The van der Waals surface area contributed by atoms with Gasteiger partial charge in [-0.1, -0.05) is 6.07 Å². The maximum Gasteiger partial charge on any atom is 0.240 e. The zero-order valence-corrected chi connectivity index (χ0v) is 10.6. The monoisotopic (exact) mass is 247 g/mol. The molecule has 5 heteroatoms. The Morgan fingerprint density at radius 2 is 2.11 bits per heavy atom. The van der Waals surface area contributed by atoms with Crippen molar-refractivity contribution >= 4 is 23.2 Å². The third-order valence-electron chi connectivity index (χ3n) is 3.18. The molecule has 2 N–H and O–H groups in total. The van der Waals surface area contributed by atoms with Crippen LogP contribution in [0.4, 0.5) is 11.4 Å². The van der Waals surface area contributed by atoms with Crippen LogP contribution >= 0.6 is 0 Å². The first kappa shape index (κ1) is 12.6. The van der Waals surface area contributed by atoms with E-state index in [0.29, 0.717) is 13.0 Å². The smallest absolute Gasteiger partial charge is 0.240 e. The van der Waals surface area contributed by atoms with Crippen LogP contribution in [0.5, 0.6) is 0 Å². The zero-order chi connectivity index (χ0) is 13.3. The van der Waals surface area contributed by atoms with Gasteiger partial charge < -0.3 is 15.5 Å². The van der Waals surface area contributed by atoms with Crippen molar-refractivity contribution < 1.29 is 9.59 Å². The van der Waals surface area contributed by atoms with Crippen LogP contribution in [0.1, 0.15) is 12.0 Å². The zero-order valence-electron chi connectivity index (χ0n) is 10.6. The number of fused-ring (bicyclic) bond motifs is 1. The average Bonchev–Trinajstić information content (AvgIpc) is 2.48. The summed E-state index contributed by atoms with van der Waals surface area (Å²) in [6.45, 7) is 2.29. The van der Waals surface area contributed by atoms with Gasteiger partial charge in [0.25, 0.3) is 0 Å². The highest BCUT2D eigenvalue weighted by molar-refractivity contribution is 6.05. The van der Waals surface area contributed by atoms with E-state index in [4.69, 9.17) is 5.73 Å². The summed E-state index contributed by atoms with van der Waals surface area (Å²) in [7, 11) is 1.73. The molecule has 1 aromatic carbocycles. The topological polar surface area (TPSA) is 66.6 Å². The summed E-state index contributed by atoms with van der Waals surface area (Å²) in [5, 5.41) is 0. The predicted octanol–water partition coefficient (Wildman–Crippen LogP) is 0.653. The maximum absolute atomic E-state index is 11.9. The molecular weight excluding hydrogens is 230 g/mol. The molecule has 0 unspecified atom stereocenters. The third kappa shape index (κ3) is 2.09. The first-order valence-electron chi connectivity index (χ1n) is 5.92. The number of amides is 2. The van der Waals surface area contributed by atoms with Crippen molar-refractivity contribution in [2.24, 2.45) is 5.73 Å². The van der Waals surface area contributed by atoms with Crippen molar-refractivity contribution in [3.05, 3.63) is 23.8 Å². The summed E-state index contributed by atoms with van der Waals surface area (Å²) in [5.41, 5.74) is 7.99. The highest BCUT2D eigenvalue weighted by Crippen LogP contribution is 2.32. The van der Waals surface area contributed by atoms with Crippen LogP contribution in [0, 0.1) is 6.92 Å². The van der Waals surface area contributed by atoms with Gasteiger partial charge in [-0.05, 0) is 24.6 Å². The second-order valence-corrected chi connectivity index (χ2v) is 4.44. The molecule has 5 nitrogen and oxygen atoms in total. The van der Waals surface area contributed by atoms with Crippen LogP contribution in [0.25, 0.3) is 0 Å². The van der Waals surface area contributed by atoms with Gasteiger partial charge in [-0.3, -0.25) is 9.59 Å². The molecule has 0 saturated heterocycles. The Morgan fingerprint density at radius 1 is 1.39 bits per heavy atom. The van der Waals surface area contributed by atoms with Crippen molar-refractivity contribution in [2.75, 3.05) is 29.9 Å². The number of hydrogen-bond donors (Lipinski definition) is 1. The molecule has 0 fully saturated rings. The molecule has 1 aliphatic heterocycles. The Balaban J connectivity index is 2.55. The van der Waals surface area contributed by atoms with E-state index < -0.39 is 0 Å². The Labute approximate surface area is 106 Å². The molecule has 1 heterocycles. The average molecular weight is 247 g/mol. The third-order valence-corrected chi connectivity index (χ3v) is 3.18. The molecule has 0 spiro atoms. The number of carbonyl (C=O) groups excluding carboxylic acids is 2. The normalized spacial score (nSPS) is 15.4. The van der Waals surface area contributed by atoms with Gasteiger partial charge >= 0.3 is 0 Å². The fourth-order valence-corrected chi connectivity index (χ4v) is 2.13. The first-order valence-corrected chi connectivity index (χ1v) is 5.92. The van der Waals surface area contributed by atoms with Gasteiger partial charge in [-0.25, -0.2) is 0 Å². The quantitative estimate of drug-likeness (QED) is 0.792. The number of anilines is 2. The Morgan fingerprint density at radius 3 is 2.78 bits per heavy atom. The second-order valence-electron chi connectivity index (χ2n) is 4.44. The molecule has 0 radical (unpaired) electrons. The van der Waals surface area contributed by atoms with Crippen LogP contribution in [0.3, 0.4) is 0 Å². The minimum atomic E-state index is -0.162. The molecule has 1 aliphatic rings. The summed E-state index contributed by atoms with van der Waals surface area (Å²) >= 11 is 0. The van der Waals surface area contributed by atoms with E-state index in [1.807, 2.05) is 25.1 Å². The lowest BCUT2D eigenvalue weighted by atomic mass is 10.1. The Bertz CT molecular complexity index is 499. The van der Waals surface area contributed by atoms with E-state index >= 15 is 0 Å². The van der Waals surface area contributed by atoms with Crippen LogP contribution in [-0.4, -0.2) is 32.0 Å². The van der Waals surface area contributed by atoms with Gasteiger partial charge in [0, 0.05) is 20.0 Å². The lowest BCUT2D eigenvalue weighted by Crippen LogP contribution is -2.36. The van der Waals surface area contributed by atoms with Crippen LogP contribution in [0.15, 0.2) is 18.2 Å². The standard InChI is InChI=1S/C13H17N3O2/c1-9-3-4-10-11(7-9)16(13(18)8-14)6-5-12(17)15(10)2/h3-4,7H,5-6,8,14H2,1-2H3. The Kier molecular flexibility index (Phi) is 3.34. The summed E-state index contributed by atoms with van der Waals surface area (Å²) in [4.78, 5) is 26.9. The number of rotatable bonds is 1. The summed E-state index contributed by atoms with van der Waals surface area (Å²) < 4.78 is 0. The van der Waals surface area contributed by atoms with Gasteiger partial charge in [-0.15, -0.1) is 0 Å². The number of carbonyl (C=O) groups is 2. The predicted molar refractivity (Wildman–Crippen MR) is 70.6 cm³/mol. The molecule has 0 aromatic heterocycles. The SMILES string of the molecule is Cc1ccc2c(c1)N(C(=O)CN)CCC(=O)N2C. The van der Waals surface area contributed by atoms with Crippen molar-refractivity contribution in [1.29, 1.82) is 0 Å². The number of benzene rings is 1. The Hall–Kier alpha value is -1.88. The van der Waals surface area contributed by atoms with Gasteiger partial charge in [0.1, 0.15) is 0 Å². The van der Waals surface area contributed by atoms with Crippen LogP contribution < -0.4 is 15.5 Å². The van der Waals surface area contributed by atoms with Crippen molar-refractivity contribution in [3.63, 3.8) is 0 Å². The lowest BCUT2D eigenvalue weighted by molar-refractivity contribution is -0.118. The van der Waals surface area contributed by atoms with Crippen LogP contribution in [-0.2, 0) is 9.59 Å². The van der Waals surface area contributed by atoms with Crippen molar-refractivity contribution in [2.45, 2.75) is 13.3 Å². The fraction of sp³-hybridized carbons (Fsp3) is 0.385. The van der Waals surface area contributed by atoms with Crippen molar-refractivity contribution in [3.8, 4) is 0 Å².